The molecule has 0 fully saturated rings. The maximum absolute atomic E-state index is 13.6. The quantitative estimate of drug-likeness (QED) is 0.187. The van der Waals surface area contributed by atoms with E-state index in [9.17, 15) is 27.9 Å². The Bertz CT molecular complexity index is 1500. The smallest absolute Gasteiger partial charge is 0.497 e. The number of carbonyl (C=O) groups excluding carboxylic acids is 1. The average molecular weight is 544 g/mol. The van der Waals surface area contributed by atoms with Gasteiger partial charge in [-0.2, -0.15) is 0 Å². The lowest BCUT2D eigenvalue weighted by molar-refractivity contribution is -0.274. The number of methoxy groups -OCH3 is 1. The van der Waals surface area contributed by atoms with E-state index in [0.717, 1.165) is 10.5 Å². The minimum atomic E-state index is -4.87. The first-order chi connectivity index (χ1) is 18.0. The fourth-order valence-corrected chi connectivity index (χ4v) is 5.07. The minimum absolute atomic E-state index is 0.240. The normalized spacial score (nSPS) is 12.4. The number of thioether (sulfide) groups is 1. The molecule has 4 rings (SSSR count). The monoisotopic (exact) mass is 543 g/mol. The lowest BCUT2D eigenvalue weighted by Gasteiger charge is -2.13. The van der Waals surface area contributed by atoms with Gasteiger partial charge in [0.15, 0.2) is 5.78 Å². The van der Waals surface area contributed by atoms with E-state index in [2.05, 4.69) is 4.74 Å². The van der Waals surface area contributed by atoms with Crippen LogP contribution in [0, 0.1) is 6.92 Å². The molecule has 1 heterocycles. The summed E-state index contributed by atoms with van der Waals surface area (Å²) < 4.78 is 49.9. The SMILES string of the molecule is COc1ccc(C(=O)c2c(C)n(Cc3cccc(SC(C)C(=O)O)c3)c3cc(OC(F)(F)F)ccc23)cc1. The van der Waals surface area contributed by atoms with Crippen LogP contribution in [0.5, 0.6) is 11.5 Å². The zero-order valence-corrected chi connectivity index (χ0v) is 21.5. The van der Waals surface area contributed by atoms with Gasteiger partial charge in [-0.25, -0.2) is 0 Å². The van der Waals surface area contributed by atoms with Gasteiger partial charge < -0.3 is 19.1 Å². The number of carbonyl (C=O) groups is 2. The summed E-state index contributed by atoms with van der Waals surface area (Å²) in [5.74, 6) is -1.03. The van der Waals surface area contributed by atoms with Gasteiger partial charge in [0.2, 0.25) is 0 Å². The van der Waals surface area contributed by atoms with E-state index in [1.807, 2.05) is 12.1 Å². The summed E-state index contributed by atoms with van der Waals surface area (Å²) in [7, 11) is 1.52. The molecular formula is C28H24F3NO5S. The van der Waals surface area contributed by atoms with Gasteiger partial charge in [-0.1, -0.05) is 12.1 Å². The van der Waals surface area contributed by atoms with Crippen molar-refractivity contribution in [2.75, 3.05) is 7.11 Å². The van der Waals surface area contributed by atoms with Crippen molar-refractivity contribution in [2.45, 2.75) is 36.9 Å². The molecular weight excluding hydrogens is 519 g/mol. The first-order valence-corrected chi connectivity index (χ1v) is 12.4. The molecule has 0 aliphatic heterocycles. The summed E-state index contributed by atoms with van der Waals surface area (Å²) in [6.45, 7) is 3.57. The first-order valence-electron chi connectivity index (χ1n) is 11.5. The molecule has 0 saturated heterocycles. The van der Waals surface area contributed by atoms with E-state index < -0.39 is 23.3 Å². The summed E-state index contributed by atoms with van der Waals surface area (Å²) in [4.78, 5) is 25.6. The lowest BCUT2D eigenvalue weighted by atomic mass is 10.0. The molecule has 10 heteroatoms. The summed E-state index contributed by atoms with van der Waals surface area (Å²) in [6, 6.07) is 17.8. The van der Waals surface area contributed by atoms with Crippen molar-refractivity contribution in [3.63, 3.8) is 0 Å². The number of ether oxygens (including phenoxy) is 2. The Morgan fingerprint density at radius 3 is 2.34 bits per heavy atom. The third-order valence-corrected chi connectivity index (χ3v) is 7.09. The molecule has 1 atom stereocenters. The highest BCUT2D eigenvalue weighted by Crippen LogP contribution is 2.34. The number of hydrogen-bond acceptors (Lipinski definition) is 5. The van der Waals surface area contributed by atoms with Crippen LogP contribution in [0.2, 0.25) is 0 Å². The molecule has 1 unspecified atom stereocenters. The maximum atomic E-state index is 13.6. The Morgan fingerprint density at radius 1 is 1.03 bits per heavy atom. The van der Waals surface area contributed by atoms with Crippen LogP contribution in [0.15, 0.2) is 71.6 Å². The Hall–Kier alpha value is -3.92. The Balaban J connectivity index is 1.80. The molecule has 4 aromatic rings. The molecule has 0 spiro atoms. The molecule has 6 nitrogen and oxygen atoms in total. The molecule has 1 aromatic heterocycles. The van der Waals surface area contributed by atoms with Crippen LogP contribution in [0.25, 0.3) is 10.9 Å². The Labute approximate surface area is 221 Å². The van der Waals surface area contributed by atoms with E-state index in [1.165, 1.54) is 37.1 Å². The summed E-state index contributed by atoms with van der Waals surface area (Å²) in [5, 5.41) is 9.06. The zero-order chi connectivity index (χ0) is 27.6. The fourth-order valence-electron chi connectivity index (χ4n) is 4.19. The first kappa shape index (κ1) is 27.1. The Morgan fingerprint density at radius 2 is 1.71 bits per heavy atom. The molecule has 38 heavy (non-hydrogen) atoms. The van der Waals surface area contributed by atoms with Crippen molar-refractivity contribution in [1.29, 1.82) is 0 Å². The highest BCUT2D eigenvalue weighted by molar-refractivity contribution is 8.00. The second-order valence-electron chi connectivity index (χ2n) is 8.58. The summed E-state index contributed by atoms with van der Waals surface area (Å²) in [6.07, 6.45) is -4.87. The zero-order valence-electron chi connectivity index (χ0n) is 20.7. The van der Waals surface area contributed by atoms with Gasteiger partial charge in [0.25, 0.3) is 0 Å². The maximum Gasteiger partial charge on any atom is 0.573 e. The number of aliphatic carboxylic acids is 1. The predicted octanol–water partition coefficient (Wildman–Crippen LogP) is 6.70. The number of carboxylic acids is 1. The van der Waals surface area contributed by atoms with E-state index in [4.69, 9.17) is 4.74 Å². The van der Waals surface area contributed by atoms with Gasteiger partial charge in [-0.05, 0) is 67.9 Å². The number of fused-ring (bicyclic) bond motifs is 1. The number of ketones is 1. The van der Waals surface area contributed by atoms with Crippen molar-refractivity contribution in [3.8, 4) is 11.5 Å². The molecule has 0 bridgehead atoms. The molecule has 0 radical (unpaired) electrons. The van der Waals surface area contributed by atoms with Crippen molar-refractivity contribution < 1.29 is 37.3 Å². The van der Waals surface area contributed by atoms with E-state index in [1.54, 1.807) is 54.8 Å². The molecule has 0 amide bonds. The minimum Gasteiger partial charge on any atom is -0.497 e. The van der Waals surface area contributed by atoms with Crippen molar-refractivity contribution >= 4 is 34.4 Å². The van der Waals surface area contributed by atoms with Crippen molar-refractivity contribution in [3.05, 3.63) is 89.1 Å². The highest BCUT2D eigenvalue weighted by atomic mass is 32.2. The summed E-state index contributed by atoms with van der Waals surface area (Å²) >= 11 is 1.19. The van der Waals surface area contributed by atoms with Crippen LogP contribution in [0.4, 0.5) is 13.2 Å². The van der Waals surface area contributed by atoms with Crippen molar-refractivity contribution in [2.24, 2.45) is 0 Å². The van der Waals surface area contributed by atoms with Gasteiger partial charge in [0.05, 0.1) is 18.2 Å². The number of alkyl halides is 3. The molecule has 3 aromatic carbocycles. The lowest BCUT2D eigenvalue weighted by Crippen LogP contribution is -2.17. The molecule has 198 valence electrons. The number of nitrogens with zero attached hydrogens (tertiary/aromatic N) is 1. The number of aromatic nitrogens is 1. The molecule has 0 saturated carbocycles. The molecule has 1 N–H and O–H groups in total. The van der Waals surface area contributed by atoms with Crippen LogP contribution in [0.3, 0.4) is 0 Å². The van der Waals surface area contributed by atoms with Crippen LogP contribution in [0.1, 0.15) is 34.1 Å². The van der Waals surface area contributed by atoms with Gasteiger partial charge in [-0.15, -0.1) is 24.9 Å². The van der Waals surface area contributed by atoms with Crippen LogP contribution in [-0.4, -0.2) is 40.1 Å². The van der Waals surface area contributed by atoms with E-state index in [-0.39, 0.29) is 12.3 Å². The molecule has 0 aliphatic carbocycles. The largest absolute Gasteiger partial charge is 0.573 e. The van der Waals surface area contributed by atoms with Gasteiger partial charge >= 0.3 is 12.3 Å². The van der Waals surface area contributed by atoms with Crippen LogP contribution >= 0.6 is 11.8 Å². The second-order valence-corrected chi connectivity index (χ2v) is 9.99. The average Bonchev–Trinajstić information content (AvgIpc) is 3.13. The highest BCUT2D eigenvalue weighted by Gasteiger charge is 2.32. The topological polar surface area (TPSA) is 77.8 Å². The fraction of sp³-hybridized carbons (Fsp3) is 0.214. The number of hydrogen-bond donors (Lipinski definition) is 1. The van der Waals surface area contributed by atoms with E-state index in [0.29, 0.717) is 33.5 Å². The third-order valence-electron chi connectivity index (χ3n) is 6.01. The Kier molecular flexibility index (Phi) is 7.73. The van der Waals surface area contributed by atoms with Gasteiger partial charge in [0.1, 0.15) is 16.7 Å². The van der Waals surface area contributed by atoms with Gasteiger partial charge in [0, 0.05) is 34.2 Å². The number of rotatable bonds is 9. The number of carboxylic acid groups (broad SMARTS) is 1. The van der Waals surface area contributed by atoms with Crippen LogP contribution in [-0.2, 0) is 11.3 Å². The summed E-state index contributed by atoms with van der Waals surface area (Å²) in [5.41, 5.74) is 2.54. The van der Waals surface area contributed by atoms with Gasteiger partial charge in [-0.3, -0.25) is 9.59 Å². The van der Waals surface area contributed by atoms with Crippen LogP contribution < -0.4 is 9.47 Å². The standard InChI is InChI=1S/C28H24F3NO5S/c1-16-25(26(33)19-7-9-20(36-3)10-8-19)23-12-11-21(37-28(29,30)31)14-24(23)32(16)15-18-5-4-6-22(13-18)38-17(2)27(34)35/h4-14,17H,15H2,1-3H3,(H,34,35). The predicted molar refractivity (Wildman–Crippen MR) is 138 cm³/mol. The van der Waals surface area contributed by atoms with E-state index >= 15 is 0 Å². The third kappa shape index (κ3) is 5.96. The number of benzene rings is 3. The second kappa shape index (κ2) is 10.8. The molecule has 0 aliphatic rings. The van der Waals surface area contributed by atoms with Crippen molar-refractivity contribution in [1.82, 2.24) is 4.57 Å². The number of halogens is 3.